The molecule has 1 fully saturated rings. The van der Waals surface area contributed by atoms with Crippen LogP contribution in [0.4, 0.5) is 5.69 Å². The summed E-state index contributed by atoms with van der Waals surface area (Å²) in [7, 11) is 1.80. The minimum Gasteiger partial charge on any atom is -0.343 e. The van der Waals surface area contributed by atoms with E-state index in [0.29, 0.717) is 25.8 Å². The van der Waals surface area contributed by atoms with Gasteiger partial charge in [-0.15, -0.1) is 0 Å². The van der Waals surface area contributed by atoms with Crippen LogP contribution in [0.1, 0.15) is 17.5 Å². The van der Waals surface area contributed by atoms with Crippen LogP contribution in [0.3, 0.4) is 0 Å². The number of carbonyl (C=O) groups excluding carboxylic acids is 2. The minimum absolute atomic E-state index is 0.111. The first-order chi connectivity index (χ1) is 12.0. The molecule has 0 bridgehead atoms. The summed E-state index contributed by atoms with van der Waals surface area (Å²) in [5, 5.41) is 6.96. The number of nitrogens with one attached hydrogen (secondary N) is 1. The Kier molecular flexibility index (Phi) is 3.61. The van der Waals surface area contributed by atoms with Crippen molar-refractivity contribution in [2.45, 2.75) is 30.8 Å². The van der Waals surface area contributed by atoms with E-state index < -0.39 is 11.6 Å². The zero-order chi connectivity index (χ0) is 17.6. The highest BCUT2D eigenvalue weighted by molar-refractivity contribution is 6.02. The molecule has 0 radical (unpaired) electrons. The summed E-state index contributed by atoms with van der Waals surface area (Å²) in [6.45, 7) is 0.563. The van der Waals surface area contributed by atoms with Gasteiger partial charge in [-0.25, -0.2) is 0 Å². The normalized spacial score (nSPS) is 21.4. The number of amides is 2. The van der Waals surface area contributed by atoms with Crippen LogP contribution in [0.2, 0.25) is 0 Å². The molecular weight excluding hydrogens is 318 g/mol. The van der Waals surface area contributed by atoms with E-state index >= 15 is 0 Å². The van der Waals surface area contributed by atoms with Gasteiger partial charge in [-0.2, -0.15) is 5.10 Å². The number of fused-ring (bicyclic) bond motifs is 1. The van der Waals surface area contributed by atoms with Crippen LogP contribution in [0.25, 0.3) is 0 Å². The highest BCUT2D eigenvalue weighted by Crippen LogP contribution is 2.29. The molecule has 130 valence electrons. The van der Waals surface area contributed by atoms with Crippen molar-refractivity contribution in [3.8, 4) is 0 Å². The van der Waals surface area contributed by atoms with Gasteiger partial charge in [0.05, 0.1) is 11.9 Å². The van der Waals surface area contributed by atoms with Crippen molar-refractivity contribution in [1.82, 2.24) is 15.1 Å². The molecule has 7 heteroatoms. The first kappa shape index (κ1) is 15.8. The van der Waals surface area contributed by atoms with E-state index in [4.69, 9.17) is 5.73 Å². The Morgan fingerprint density at radius 3 is 2.60 bits per heavy atom. The number of carbonyl (C=O) groups is 2. The molecule has 7 nitrogen and oxygen atoms in total. The van der Waals surface area contributed by atoms with Crippen molar-refractivity contribution in [1.29, 1.82) is 0 Å². The van der Waals surface area contributed by atoms with Crippen molar-refractivity contribution in [2.75, 3.05) is 11.4 Å². The fourth-order valence-corrected chi connectivity index (χ4v) is 3.73. The molecule has 2 amide bonds. The van der Waals surface area contributed by atoms with Gasteiger partial charge in [0.25, 0.3) is 0 Å². The summed E-state index contributed by atoms with van der Waals surface area (Å²) < 4.78 is 1.65. The Morgan fingerprint density at radius 1 is 1.32 bits per heavy atom. The van der Waals surface area contributed by atoms with E-state index in [1.807, 2.05) is 24.3 Å². The lowest BCUT2D eigenvalue weighted by Gasteiger charge is -2.24. The average Bonchev–Trinajstić information content (AvgIpc) is 3.25. The van der Waals surface area contributed by atoms with Gasteiger partial charge in [-0.3, -0.25) is 14.3 Å². The highest BCUT2D eigenvalue weighted by atomic mass is 16.2. The Hall–Kier alpha value is -2.67. The van der Waals surface area contributed by atoms with Crippen LogP contribution in [-0.2, 0) is 29.5 Å². The van der Waals surface area contributed by atoms with E-state index in [1.54, 1.807) is 29.0 Å². The quantitative estimate of drug-likeness (QED) is 0.832. The SMILES string of the molecule is Cn1cc(N2CC[C@@H](NC(=O)C3(N)Cc4ccccc4C3)C2=O)cn1. The van der Waals surface area contributed by atoms with Crippen LogP contribution in [0, 0.1) is 0 Å². The molecule has 25 heavy (non-hydrogen) atoms. The molecule has 1 aromatic heterocycles. The Bertz CT molecular complexity index is 818. The summed E-state index contributed by atoms with van der Waals surface area (Å²) >= 11 is 0. The van der Waals surface area contributed by atoms with Gasteiger partial charge in [0, 0.05) is 19.8 Å². The number of nitrogens with zero attached hydrogens (tertiary/aromatic N) is 3. The number of nitrogens with two attached hydrogens (primary N) is 1. The number of rotatable bonds is 3. The van der Waals surface area contributed by atoms with Gasteiger partial charge in [0.2, 0.25) is 11.8 Å². The first-order valence-corrected chi connectivity index (χ1v) is 8.43. The second kappa shape index (κ2) is 5.70. The average molecular weight is 339 g/mol. The largest absolute Gasteiger partial charge is 0.343 e. The van der Waals surface area contributed by atoms with Crippen LogP contribution in [-0.4, -0.2) is 39.7 Å². The summed E-state index contributed by atoms with van der Waals surface area (Å²) in [4.78, 5) is 27.0. The smallest absolute Gasteiger partial charge is 0.249 e. The maximum absolute atomic E-state index is 12.8. The maximum Gasteiger partial charge on any atom is 0.249 e. The second-order valence-corrected chi connectivity index (χ2v) is 6.96. The van der Waals surface area contributed by atoms with Crippen molar-refractivity contribution >= 4 is 17.5 Å². The van der Waals surface area contributed by atoms with Crippen molar-refractivity contribution in [3.63, 3.8) is 0 Å². The lowest BCUT2D eigenvalue weighted by molar-refractivity contribution is -0.130. The molecular formula is C18H21N5O2. The van der Waals surface area contributed by atoms with E-state index in [2.05, 4.69) is 10.4 Å². The van der Waals surface area contributed by atoms with Gasteiger partial charge in [0.15, 0.2) is 0 Å². The van der Waals surface area contributed by atoms with Crippen LogP contribution >= 0.6 is 0 Å². The van der Waals surface area contributed by atoms with E-state index in [1.165, 1.54) is 0 Å². The minimum atomic E-state index is -0.980. The zero-order valence-electron chi connectivity index (χ0n) is 14.1. The van der Waals surface area contributed by atoms with Gasteiger partial charge in [-0.05, 0) is 30.4 Å². The van der Waals surface area contributed by atoms with Gasteiger partial charge >= 0.3 is 0 Å². The maximum atomic E-state index is 12.8. The third kappa shape index (κ3) is 2.70. The highest BCUT2D eigenvalue weighted by Gasteiger charge is 2.43. The molecule has 2 aromatic rings. The van der Waals surface area contributed by atoms with E-state index in [-0.39, 0.29) is 11.8 Å². The number of benzene rings is 1. The van der Waals surface area contributed by atoms with E-state index in [9.17, 15) is 9.59 Å². The molecule has 0 spiro atoms. The van der Waals surface area contributed by atoms with Gasteiger partial charge in [-0.1, -0.05) is 24.3 Å². The van der Waals surface area contributed by atoms with Crippen molar-refractivity contribution in [3.05, 3.63) is 47.8 Å². The molecule has 0 saturated carbocycles. The Balaban J connectivity index is 1.44. The number of hydrogen-bond donors (Lipinski definition) is 2. The number of hydrogen-bond acceptors (Lipinski definition) is 4. The fourth-order valence-electron chi connectivity index (χ4n) is 3.73. The topological polar surface area (TPSA) is 93.2 Å². The van der Waals surface area contributed by atoms with Gasteiger partial charge in [0.1, 0.15) is 11.6 Å². The van der Waals surface area contributed by atoms with Crippen molar-refractivity contribution < 1.29 is 9.59 Å². The molecule has 1 aliphatic carbocycles. The molecule has 2 heterocycles. The number of anilines is 1. The van der Waals surface area contributed by atoms with Gasteiger partial charge < -0.3 is 16.0 Å². The molecule has 1 aliphatic heterocycles. The summed E-state index contributed by atoms with van der Waals surface area (Å²) in [6, 6.07) is 7.38. The Labute approximate surface area is 145 Å². The molecule has 0 unspecified atom stereocenters. The lowest BCUT2D eigenvalue weighted by Crippen LogP contribution is -2.58. The number of aryl methyl sites for hydroxylation is 1. The molecule has 1 aromatic carbocycles. The monoisotopic (exact) mass is 339 g/mol. The molecule has 2 aliphatic rings. The standard InChI is InChI=1S/C18H21N5O2/c1-22-11-14(10-20-22)23-7-6-15(16(23)24)21-17(25)18(19)8-12-4-2-3-5-13(12)9-18/h2-5,10-11,15H,6-9,19H2,1H3,(H,21,25)/t15-/m1/s1. The molecule has 3 N–H and O–H groups in total. The molecule has 1 atom stereocenters. The third-order valence-corrected chi connectivity index (χ3v) is 5.10. The predicted molar refractivity (Wildman–Crippen MR) is 92.9 cm³/mol. The van der Waals surface area contributed by atoms with Crippen LogP contribution < -0.4 is 16.0 Å². The summed E-state index contributed by atoms with van der Waals surface area (Å²) in [6.07, 6.45) is 5.02. The van der Waals surface area contributed by atoms with Crippen LogP contribution in [0.5, 0.6) is 0 Å². The summed E-state index contributed by atoms with van der Waals surface area (Å²) in [5.41, 5.74) is 8.36. The molecule has 4 rings (SSSR count). The molecule has 1 saturated heterocycles. The Morgan fingerprint density at radius 2 is 2.00 bits per heavy atom. The summed E-state index contributed by atoms with van der Waals surface area (Å²) in [5.74, 6) is -0.365. The number of aromatic nitrogens is 2. The predicted octanol–water partition coefficient (Wildman–Crippen LogP) is 0.138. The fraction of sp³-hybridized carbons (Fsp3) is 0.389. The van der Waals surface area contributed by atoms with Crippen LogP contribution in [0.15, 0.2) is 36.7 Å². The lowest BCUT2D eigenvalue weighted by atomic mass is 9.95. The first-order valence-electron chi connectivity index (χ1n) is 8.43. The third-order valence-electron chi connectivity index (χ3n) is 5.10. The van der Waals surface area contributed by atoms with E-state index in [0.717, 1.165) is 16.8 Å². The van der Waals surface area contributed by atoms with Crippen molar-refractivity contribution in [2.24, 2.45) is 12.8 Å². The second-order valence-electron chi connectivity index (χ2n) is 6.96. The zero-order valence-corrected chi connectivity index (χ0v) is 14.1.